The highest BCUT2D eigenvalue weighted by molar-refractivity contribution is 9.10. The van der Waals surface area contributed by atoms with Gasteiger partial charge in [0.25, 0.3) is 0 Å². The monoisotopic (exact) mass is 385 g/mol. The van der Waals surface area contributed by atoms with Crippen LogP contribution in [-0.2, 0) is 5.41 Å². The molecule has 0 saturated carbocycles. The number of hydrogen-bond acceptors (Lipinski definition) is 1. The molecule has 23 heavy (non-hydrogen) atoms. The molecule has 1 N–H and O–H groups in total. The first-order chi connectivity index (χ1) is 10.6. The summed E-state index contributed by atoms with van der Waals surface area (Å²) >= 11 is 3.24. The van der Waals surface area contributed by atoms with Gasteiger partial charge in [-0.05, 0) is 40.8 Å². The largest absolute Gasteiger partial charge is 0.412 e. The fraction of sp³-hybridized carbons (Fsp3) is 0.333. The van der Waals surface area contributed by atoms with E-state index in [2.05, 4.69) is 42.0 Å². The van der Waals surface area contributed by atoms with Crippen LogP contribution in [0.5, 0.6) is 0 Å². The third-order valence-electron chi connectivity index (χ3n) is 3.59. The lowest BCUT2D eigenvalue weighted by Crippen LogP contribution is -2.27. The van der Waals surface area contributed by atoms with E-state index >= 15 is 0 Å². The minimum Gasteiger partial charge on any atom is -0.370 e. The second-order valence-electron chi connectivity index (χ2n) is 6.50. The molecule has 0 aliphatic carbocycles. The van der Waals surface area contributed by atoms with Crippen molar-refractivity contribution in [2.24, 2.45) is 0 Å². The number of rotatable bonds is 3. The Kier molecular flexibility index (Phi) is 5.09. The van der Waals surface area contributed by atoms with E-state index in [1.165, 1.54) is 12.1 Å². The molecule has 2 aromatic rings. The normalized spacial score (nSPS) is 13.7. The third kappa shape index (κ3) is 4.74. The van der Waals surface area contributed by atoms with E-state index < -0.39 is 12.2 Å². The van der Waals surface area contributed by atoms with Gasteiger partial charge in [-0.1, -0.05) is 61.0 Å². The fourth-order valence-electron chi connectivity index (χ4n) is 2.24. The Bertz CT molecular complexity index is 640. The molecule has 1 nitrogen and oxygen atoms in total. The zero-order chi connectivity index (χ0) is 17.3. The van der Waals surface area contributed by atoms with Crippen LogP contribution in [0.3, 0.4) is 0 Å². The maximum atomic E-state index is 13.4. The van der Waals surface area contributed by atoms with Crippen LogP contribution in [0.1, 0.15) is 37.9 Å². The first kappa shape index (κ1) is 17.9. The third-order valence-corrected chi connectivity index (χ3v) is 4.12. The van der Waals surface area contributed by atoms with Crippen molar-refractivity contribution >= 4 is 21.6 Å². The smallest absolute Gasteiger partial charge is 0.370 e. The quantitative estimate of drug-likeness (QED) is 0.638. The van der Waals surface area contributed by atoms with Crippen LogP contribution in [0, 0.1) is 0 Å². The van der Waals surface area contributed by atoms with Crippen LogP contribution < -0.4 is 5.32 Å². The predicted octanol–water partition coefficient (Wildman–Crippen LogP) is 6.46. The Morgan fingerprint density at radius 2 is 1.39 bits per heavy atom. The Balaban J connectivity index is 2.27. The maximum Gasteiger partial charge on any atom is 0.412 e. The highest BCUT2D eigenvalue weighted by atomic mass is 79.9. The van der Waals surface area contributed by atoms with Crippen molar-refractivity contribution in [3.8, 4) is 0 Å². The molecule has 0 amide bonds. The van der Waals surface area contributed by atoms with Gasteiger partial charge in [0.1, 0.15) is 6.04 Å². The first-order valence-electron chi connectivity index (χ1n) is 7.26. The summed E-state index contributed by atoms with van der Waals surface area (Å²) in [5.41, 5.74) is 1.67. The summed E-state index contributed by atoms with van der Waals surface area (Å²) in [6.07, 6.45) is -4.38. The van der Waals surface area contributed by atoms with Gasteiger partial charge in [0.2, 0.25) is 0 Å². The molecule has 0 fully saturated rings. The van der Waals surface area contributed by atoms with E-state index in [9.17, 15) is 13.2 Å². The minimum atomic E-state index is -4.38. The number of anilines is 1. The predicted molar refractivity (Wildman–Crippen MR) is 91.7 cm³/mol. The molecule has 0 unspecified atom stereocenters. The molecule has 0 radical (unpaired) electrons. The summed E-state index contributed by atoms with van der Waals surface area (Å²) in [6, 6.07) is 11.5. The van der Waals surface area contributed by atoms with E-state index in [-0.39, 0.29) is 11.0 Å². The molecular weight excluding hydrogens is 367 g/mol. The van der Waals surface area contributed by atoms with Gasteiger partial charge in [-0.25, -0.2) is 0 Å². The lowest BCUT2D eigenvalue weighted by atomic mass is 9.87. The Hall–Kier alpha value is -1.49. The summed E-state index contributed by atoms with van der Waals surface area (Å²) in [7, 11) is 0. The summed E-state index contributed by atoms with van der Waals surface area (Å²) in [6.45, 7) is 6.20. The van der Waals surface area contributed by atoms with Gasteiger partial charge < -0.3 is 5.32 Å². The van der Waals surface area contributed by atoms with Crippen molar-refractivity contribution in [2.75, 3.05) is 5.32 Å². The molecular formula is C18H19BrF3N. The topological polar surface area (TPSA) is 12.0 Å². The van der Waals surface area contributed by atoms with Gasteiger partial charge in [-0.3, -0.25) is 0 Å². The van der Waals surface area contributed by atoms with Crippen LogP contribution in [-0.4, -0.2) is 6.18 Å². The molecule has 1 atom stereocenters. The van der Waals surface area contributed by atoms with Gasteiger partial charge in [0.15, 0.2) is 0 Å². The van der Waals surface area contributed by atoms with Crippen LogP contribution in [0.15, 0.2) is 53.0 Å². The number of benzene rings is 2. The highest BCUT2D eigenvalue weighted by Gasteiger charge is 2.40. The Labute approximate surface area is 143 Å². The number of nitrogens with one attached hydrogen (secondary N) is 1. The van der Waals surface area contributed by atoms with E-state index in [4.69, 9.17) is 0 Å². The molecule has 2 rings (SSSR count). The summed E-state index contributed by atoms with van der Waals surface area (Å²) < 4.78 is 40.9. The maximum absolute atomic E-state index is 13.4. The number of halogens is 4. The molecule has 0 heterocycles. The van der Waals surface area contributed by atoms with Crippen LogP contribution in [0.4, 0.5) is 18.9 Å². The summed E-state index contributed by atoms with van der Waals surface area (Å²) in [4.78, 5) is 0. The Morgan fingerprint density at radius 1 is 0.870 bits per heavy atom. The fourth-order valence-corrected chi connectivity index (χ4v) is 2.51. The van der Waals surface area contributed by atoms with Crippen LogP contribution >= 0.6 is 15.9 Å². The van der Waals surface area contributed by atoms with E-state index in [1.807, 2.05) is 12.1 Å². The van der Waals surface area contributed by atoms with E-state index in [0.29, 0.717) is 5.69 Å². The van der Waals surface area contributed by atoms with Gasteiger partial charge >= 0.3 is 6.18 Å². The standard InChI is InChI=1S/C18H19BrF3N/c1-17(2,3)13-6-10-15(11-7-13)23-16(18(20,21)22)12-4-8-14(19)9-5-12/h4-11,16,23H,1-3H3/t16-/m0/s1. The van der Waals surface area contributed by atoms with Crippen LogP contribution in [0.25, 0.3) is 0 Å². The van der Waals surface area contributed by atoms with Crippen molar-refractivity contribution in [1.82, 2.24) is 0 Å². The van der Waals surface area contributed by atoms with Gasteiger partial charge in [0, 0.05) is 10.2 Å². The number of alkyl halides is 3. The molecule has 0 aliphatic heterocycles. The van der Waals surface area contributed by atoms with Gasteiger partial charge in [-0.15, -0.1) is 0 Å². The van der Waals surface area contributed by atoms with Crippen molar-refractivity contribution in [3.63, 3.8) is 0 Å². The van der Waals surface area contributed by atoms with E-state index in [0.717, 1.165) is 10.0 Å². The van der Waals surface area contributed by atoms with Gasteiger partial charge in [-0.2, -0.15) is 13.2 Å². The molecule has 5 heteroatoms. The zero-order valence-electron chi connectivity index (χ0n) is 13.2. The average molecular weight is 386 g/mol. The van der Waals surface area contributed by atoms with Crippen molar-refractivity contribution < 1.29 is 13.2 Å². The second-order valence-corrected chi connectivity index (χ2v) is 7.41. The molecule has 0 bridgehead atoms. The lowest BCUT2D eigenvalue weighted by Gasteiger charge is -2.24. The summed E-state index contributed by atoms with van der Waals surface area (Å²) in [5.74, 6) is 0. The molecule has 0 spiro atoms. The summed E-state index contributed by atoms with van der Waals surface area (Å²) in [5, 5.41) is 2.59. The van der Waals surface area contributed by atoms with Crippen molar-refractivity contribution in [2.45, 2.75) is 38.4 Å². The highest BCUT2D eigenvalue weighted by Crippen LogP contribution is 2.36. The molecule has 124 valence electrons. The SMILES string of the molecule is CC(C)(C)c1ccc(N[C@@H](c2ccc(Br)cc2)C(F)(F)F)cc1. The first-order valence-corrected chi connectivity index (χ1v) is 8.06. The lowest BCUT2D eigenvalue weighted by molar-refractivity contribution is -0.144. The zero-order valence-corrected chi connectivity index (χ0v) is 14.8. The van der Waals surface area contributed by atoms with Crippen molar-refractivity contribution in [1.29, 1.82) is 0 Å². The van der Waals surface area contributed by atoms with Crippen LogP contribution in [0.2, 0.25) is 0 Å². The van der Waals surface area contributed by atoms with Gasteiger partial charge in [0.05, 0.1) is 0 Å². The number of hydrogen-bond donors (Lipinski definition) is 1. The second kappa shape index (κ2) is 6.56. The minimum absolute atomic E-state index is 0.0341. The molecule has 2 aromatic carbocycles. The Morgan fingerprint density at radius 3 is 1.83 bits per heavy atom. The molecule has 0 aromatic heterocycles. The molecule has 0 aliphatic rings. The van der Waals surface area contributed by atoms with Crippen molar-refractivity contribution in [3.05, 3.63) is 64.1 Å². The molecule has 0 saturated heterocycles. The average Bonchev–Trinajstić information content (AvgIpc) is 2.44. The van der Waals surface area contributed by atoms with E-state index in [1.54, 1.807) is 24.3 Å².